The number of methoxy groups -OCH3 is 1. The standard InChI is InChI=1S/C7H16NO5P/c1-6(8-9)7(2,11-3)14(10,12-4)13-5/h9H,1-5H3/b8-6+. The van der Waals surface area contributed by atoms with Gasteiger partial charge in [-0.1, -0.05) is 5.16 Å². The van der Waals surface area contributed by atoms with Crippen molar-refractivity contribution in [3.05, 3.63) is 0 Å². The van der Waals surface area contributed by atoms with Gasteiger partial charge in [0.25, 0.3) is 0 Å². The van der Waals surface area contributed by atoms with Crippen LogP contribution in [-0.4, -0.2) is 37.6 Å². The van der Waals surface area contributed by atoms with E-state index in [1.165, 1.54) is 35.2 Å². The highest BCUT2D eigenvalue weighted by molar-refractivity contribution is 7.56. The van der Waals surface area contributed by atoms with Gasteiger partial charge in [0.2, 0.25) is 5.34 Å². The van der Waals surface area contributed by atoms with Crippen LogP contribution < -0.4 is 0 Å². The molecule has 0 saturated heterocycles. The van der Waals surface area contributed by atoms with Crippen molar-refractivity contribution in [2.24, 2.45) is 5.16 Å². The fourth-order valence-corrected chi connectivity index (χ4v) is 2.48. The molecule has 0 bridgehead atoms. The third-order valence-corrected chi connectivity index (χ3v) is 4.73. The average molecular weight is 225 g/mol. The maximum absolute atomic E-state index is 12.0. The zero-order chi connectivity index (χ0) is 11.4. The van der Waals surface area contributed by atoms with E-state index in [0.717, 1.165) is 0 Å². The summed E-state index contributed by atoms with van der Waals surface area (Å²) < 4.78 is 26.6. The number of nitrogens with zero attached hydrogens (tertiary/aromatic N) is 1. The lowest BCUT2D eigenvalue weighted by molar-refractivity contribution is 0.0907. The van der Waals surface area contributed by atoms with Gasteiger partial charge >= 0.3 is 7.60 Å². The summed E-state index contributed by atoms with van der Waals surface area (Å²) in [5, 5.41) is 10.2. The number of hydrogen-bond acceptors (Lipinski definition) is 6. The minimum absolute atomic E-state index is 0.118. The van der Waals surface area contributed by atoms with Crippen LogP contribution in [0.4, 0.5) is 0 Å². The molecular formula is C7H16NO5P. The lowest BCUT2D eigenvalue weighted by Gasteiger charge is -2.32. The molecular weight excluding hydrogens is 209 g/mol. The Labute approximate surface area is 83.4 Å². The predicted octanol–water partition coefficient (Wildman–Crippen LogP) is 1.69. The number of ether oxygens (including phenoxy) is 1. The van der Waals surface area contributed by atoms with Gasteiger partial charge in [0.1, 0.15) is 0 Å². The summed E-state index contributed by atoms with van der Waals surface area (Å²) >= 11 is 0. The lowest BCUT2D eigenvalue weighted by atomic mass is 10.3. The maximum atomic E-state index is 12.0. The first-order chi connectivity index (χ1) is 6.41. The Bertz CT molecular complexity index is 259. The van der Waals surface area contributed by atoms with Gasteiger partial charge in [-0.2, -0.15) is 0 Å². The van der Waals surface area contributed by atoms with Gasteiger partial charge in [0.15, 0.2) is 0 Å². The molecule has 0 fully saturated rings. The molecule has 0 aromatic heterocycles. The van der Waals surface area contributed by atoms with E-state index >= 15 is 0 Å². The molecule has 0 aliphatic carbocycles. The van der Waals surface area contributed by atoms with Crippen molar-refractivity contribution in [3.63, 3.8) is 0 Å². The van der Waals surface area contributed by atoms with E-state index in [9.17, 15) is 4.57 Å². The smallest absolute Gasteiger partial charge is 0.367 e. The minimum Gasteiger partial charge on any atom is -0.411 e. The number of hydrogen-bond donors (Lipinski definition) is 1. The Kier molecular flexibility index (Phi) is 4.74. The van der Waals surface area contributed by atoms with Gasteiger partial charge in [-0.25, -0.2) is 0 Å². The van der Waals surface area contributed by atoms with E-state index in [2.05, 4.69) is 5.16 Å². The summed E-state index contributed by atoms with van der Waals surface area (Å²) in [6.45, 7) is 2.93. The molecule has 1 N–H and O–H groups in total. The van der Waals surface area contributed by atoms with Crippen molar-refractivity contribution >= 4 is 13.3 Å². The van der Waals surface area contributed by atoms with Crippen LogP contribution in [0, 0.1) is 0 Å². The summed E-state index contributed by atoms with van der Waals surface area (Å²) in [6, 6.07) is 0. The average Bonchev–Trinajstić information content (AvgIpc) is 2.25. The second-order valence-electron chi connectivity index (χ2n) is 2.74. The van der Waals surface area contributed by atoms with Crippen LogP contribution in [0.3, 0.4) is 0 Å². The van der Waals surface area contributed by atoms with Crippen molar-refractivity contribution in [3.8, 4) is 0 Å². The highest BCUT2D eigenvalue weighted by Crippen LogP contribution is 2.59. The van der Waals surface area contributed by atoms with Crippen LogP contribution in [0.15, 0.2) is 5.16 Å². The van der Waals surface area contributed by atoms with Gasteiger partial charge in [-0.05, 0) is 13.8 Å². The van der Waals surface area contributed by atoms with E-state index < -0.39 is 12.9 Å². The van der Waals surface area contributed by atoms with Crippen LogP contribution >= 0.6 is 7.60 Å². The van der Waals surface area contributed by atoms with Crippen LogP contribution in [0.5, 0.6) is 0 Å². The van der Waals surface area contributed by atoms with Gasteiger partial charge in [-0.15, -0.1) is 0 Å². The normalized spacial score (nSPS) is 17.9. The molecule has 0 saturated carbocycles. The second kappa shape index (κ2) is 4.89. The fourth-order valence-electron chi connectivity index (χ4n) is 0.973. The first kappa shape index (κ1) is 13.6. The van der Waals surface area contributed by atoms with Crippen LogP contribution in [0.25, 0.3) is 0 Å². The van der Waals surface area contributed by atoms with Crippen molar-refractivity contribution in [1.29, 1.82) is 0 Å². The Morgan fingerprint density at radius 2 is 1.79 bits per heavy atom. The van der Waals surface area contributed by atoms with E-state index in [1.807, 2.05) is 0 Å². The summed E-state index contributed by atoms with van der Waals surface area (Å²) in [5.41, 5.74) is 0.118. The monoisotopic (exact) mass is 225 g/mol. The largest absolute Gasteiger partial charge is 0.411 e. The summed E-state index contributed by atoms with van der Waals surface area (Å²) in [4.78, 5) is 0. The molecule has 1 unspecified atom stereocenters. The Morgan fingerprint density at radius 1 is 1.36 bits per heavy atom. The molecule has 0 amide bonds. The van der Waals surface area contributed by atoms with Gasteiger partial charge in [-0.3, -0.25) is 4.57 Å². The maximum Gasteiger partial charge on any atom is 0.367 e. The highest BCUT2D eigenvalue weighted by Gasteiger charge is 2.49. The van der Waals surface area contributed by atoms with E-state index in [1.54, 1.807) is 0 Å². The molecule has 0 spiro atoms. The molecule has 1 atom stereocenters. The van der Waals surface area contributed by atoms with E-state index in [-0.39, 0.29) is 5.71 Å². The van der Waals surface area contributed by atoms with Gasteiger partial charge in [0.05, 0.1) is 5.71 Å². The Hall–Kier alpha value is -0.420. The number of oxime groups is 1. The summed E-state index contributed by atoms with van der Waals surface area (Å²) in [7, 11) is 0.328. The third-order valence-electron chi connectivity index (χ3n) is 2.22. The number of rotatable bonds is 5. The molecule has 0 aromatic carbocycles. The van der Waals surface area contributed by atoms with Crippen LogP contribution in [-0.2, 0) is 18.3 Å². The molecule has 0 radical (unpaired) electrons. The fraction of sp³-hybridized carbons (Fsp3) is 0.857. The van der Waals surface area contributed by atoms with E-state index in [4.69, 9.17) is 19.0 Å². The molecule has 6 nitrogen and oxygen atoms in total. The lowest BCUT2D eigenvalue weighted by Crippen LogP contribution is -2.36. The topological polar surface area (TPSA) is 77.4 Å². The molecule has 0 heterocycles. The Balaban J connectivity index is 5.33. The Morgan fingerprint density at radius 3 is 2.00 bits per heavy atom. The zero-order valence-electron chi connectivity index (χ0n) is 8.97. The van der Waals surface area contributed by atoms with Crippen molar-refractivity contribution in [2.45, 2.75) is 19.2 Å². The molecule has 0 aliphatic heterocycles. The van der Waals surface area contributed by atoms with Crippen molar-refractivity contribution in [1.82, 2.24) is 0 Å². The van der Waals surface area contributed by atoms with Crippen LogP contribution in [0.2, 0.25) is 0 Å². The van der Waals surface area contributed by atoms with Gasteiger partial charge < -0.3 is 19.0 Å². The molecule has 0 rings (SSSR count). The SMILES string of the molecule is COC(C)(/C(C)=N/O)P(=O)(OC)OC. The van der Waals surface area contributed by atoms with Crippen molar-refractivity contribution < 1.29 is 23.6 Å². The third kappa shape index (κ3) is 1.98. The quantitative estimate of drug-likeness (QED) is 0.333. The predicted molar refractivity (Wildman–Crippen MR) is 51.9 cm³/mol. The minimum atomic E-state index is -3.49. The molecule has 84 valence electrons. The zero-order valence-corrected chi connectivity index (χ0v) is 9.87. The van der Waals surface area contributed by atoms with Crippen LogP contribution in [0.1, 0.15) is 13.8 Å². The molecule has 0 aromatic rings. The molecule has 0 aliphatic rings. The highest BCUT2D eigenvalue weighted by atomic mass is 31.2. The van der Waals surface area contributed by atoms with Crippen molar-refractivity contribution in [2.75, 3.05) is 21.3 Å². The summed E-state index contributed by atoms with van der Waals surface area (Å²) in [6.07, 6.45) is 0. The summed E-state index contributed by atoms with van der Waals surface area (Å²) in [5.74, 6) is 0. The van der Waals surface area contributed by atoms with Gasteiger partial charge in [0, 0.05) is 21.3 Å². The molecule has 7 heteroatoms. The van der Waals surface area contributed by atoms with E-state index in [0.29, 0.717) is 0 Å². The molecule has 14 heavy (non-hydrogen) atoms. The second-order valence-corrected chi connectivity index (χ2v) is 5.31. The first-order valence-corrected chi connectivity index (χ1v) is 5.42. The first-order valence-electron chi connectivity index (χ1n) is 3.87.